The summed E-state index contributed by atoms with van der Waals surface area (Å²) in [6.07, 6.45) is 7.38. The van der Waals surface area contributed by atoms with Gasteiger partial charge in [0.1, 0.15) is 0 Å². The highest BCUT2D eigenvalue weighted by atomic mass is 16.5. The van der Waals surface area contributed by atoms with E-state index in [2.05, 4.69) is 0 Å². The number of hydrogen-bond donors (Lipinski definition) is 1. The van der Waals surface area contributed by atoms with E-state index in [1.165, 1.54) is 37.0 Å². The largest absolute Gasteiger partial charge is 0.465 e. The Bertz CT molecular complexity index is 266. The maximum Gasteiger partial charge on any atom is 0.407 e. The quantitative estimate of drug-likeness (QED) is 0.808. The summed E-state index contributed by atoms with van der Waals surface area (Å²) >= 11 is 0. The van der Waals surface area contributed by atoms with Gasteiger partial charge in [0.25, 0.3) is 0 Å². The van der Waals surface area contributed by atoms with Crippen molar-refractivity contribution in [2.24, 2.45) is 5.92 Å². The number of likely N-dealkylation sites (tertiary alicyclic amines) is 1. The van der Waals surface area contributed by atoms with Crippen LogP contribution in [0.3, 0.4) is 0 Å². The van der Waals surface area contributed by atoms with Crippen molar-refractivity contribution in [3.63, 3.8) is 0 Å². The fourth-order valence-electron chi connectivity index (χ4n) is 3.48. The Morgan fingerprint density at radius 1 is 1.24 bits per heavy atom. The molecule has 98 valence electrons. The fraction of sp³-hybridized carbons (Fsp3) is 0.923. The van der Waals surface area contributed by atoms with E-state index in [4.69, 9.17) is 9.84 Å². The van der Waals surface area contributed by atoms with Gasteiger partial charge >= 0.3 is 6.09 Å². The second-order valence-electron chi connectivity index (χ2n) is 5.37. The van der Waals surface area contributed by atoms with Crippen molar-refractivity contribution in [1.82, 2.24) is 4.90 Å². The molecule has 4 nitrogen and oxygen atoms in total. The van der Waals surface area contributed by atoms with Gasteiger partial charge in [-0.1, -0.05) is 19.3 Å². The molecule has 4 heteroatoms. The van der Waals surface area contributed by atoms with Crippen LogP contribution in [0.4, 0.5) is 4.79 Å². The van der Waals surface area contributed by atoms with Crippen LogP contribution in [0, 0.1) is 5.92 Å². The molecule has 1 saturated heterocycles. The molecular formula is C13H23NO3. The summed E-state index contributed by atoms with van der Waals surface area (Å²) in [4.78, 5) is 12.4. The van der Waals surface area contributed by atoms with Crippen LogP contribution in [0.2, 0.25) is 0 Å². The lowest BCUT2D eigenvalue weighted by molar-refractivity contribution is -0.103. The first-order chi connectivity index (χ1) is 8.18. The first-order valence-corrected chi connectivity index (χ1v) is 6.71. The first-order valence-electron chi connectivity index (χ1n) is 6.71. The van der Waals surface area contributed by atoms with Gasteiger partial charge in [-0.25, -0.2) is 4.79 Å². The van der Waals surface area contributed by atoms with Crippen molar-refractivity contribution in [1.29, 1.82) is 0 Å². The van der Waals surface area contributed by atoms with Crippen molar-refractivity contribution in [3.05, 3.63) is 0 Å². The van der Waals surface area contributed by atoms with E-state index in [0.717, 1.165) is 12.8 Å². The van der Waals surface area contributed by atoms with Gasteiger partial charge in [-0.2, -0.15) is 0 Å². The highest BCUT2D eigenvalue weighted by molar-refractivity contribution is 5.65. The lowest BCUT2D eigenvalue weighted by Gasteiger charge is -2.46. The van der Waals surface area contributed by atoms with E-state index in [-0.39, 0.29) is 5.60 Å². The summed E-state index contributed by atoms with van der Waals surface area (Å²) in [5, 5.41) is 8.98. The Balaban J connectivity index is 1.99. The minimum atomic E-state index is -0.793. The fourth-order valence-corrected chi connectivity index (χ4v) is 3.48. The lowest BCUT2D eigenvalue weighted by Crippen LogP contribution is -2.51. The molecule has 1 aliphatic heterocycles. The van der Waals surface area contributed by atoms with Gasteiger partial charge in [0.15, 0.2) is 0 Å². The average Bonchev–Trinajstić information content (AvgIpc) is 2.40. The second kappa shape index (κ2) is 5.25. The van der Waals surface area contributed by atoms with E-state index in [1.54, 1.807) is 7.11 Å². The average molecular weight is 241 g/mol. The minimum absolute atomic E-state index is 0.0492. The molecule has 1 aliphatic carbocycles. The second-order valence-corrected chi connectivity index (χ2v) is 5.37. The maximum atomic E-state index is 10.9. The van der Waals surface area contributed by atoms with Crippen molar-refractivity contribution in [2.75, 3.05) is 20.2 Å². The molecular weight excluding hydrogens is 218 g/mol. The molecule has 1 saturated carbocycles. The van der Waals surface area contributed by atoms with Crippen LogP contribution in [0.1, 0.15) is 44.9 Å². The first kappa shape index (κ1) is 12.7. The molecule has 0 unspecified atom stereocenters. The van der Waals surface area contributed by atoms with Crippen LogP contribution in [-0.2, 0) is 4.74 Å². The van der Waals surface area contributed by atoms with Gasteiger partial charge in [0.05, 0.1) is 5.60 Å². The molecule has 2 rings (SSSR count). The summed E-state index contributed by atoms with van der Waals surface area (Å²) in [5.41, 5.74) is -0.0492. The molecule has 17 heavy (non-hydrogen) atoms. The van der Waals surface area contributed by atoms with Gasteiger partial charge < -0.3 is 14.7 Å². The molecule has 2 fully saturated rings. The Morgan fingerprint density at radius 2 is 1.82 bits per heavy atom. The van der Waals surface area contributed by atoms with Gasteiger partial charge in [-0.05, 0) is 31.6 Å². The van der Waals surface area contributed by atoms with Crippen molar-refractivity contribution >= 4 is 6.09 Å². The van der Waals surface area contributed by atoms with E-state index in [0.29, 0.717) is 19.0 Å². The molecule has 1 N–H and O–H groups in total. The van der Waals surface area contributed by atoms with Crippen molar-refractivity contribution in [2.45, 2.75) is 50.5 Å². The van der Waals surface area contributed by atoms with Gasteiger partial charge in [0, 0.05) is 20.2 Å². The zero-order valence-corrected chi connectivity index (χ0v) is 10.7. The molecule has 0 aromatic rings. The van der Waals surface area contributed by atoms with Crippen LogP contribution < -0.4 is 0 Å². The highest BCUT2D eigenvalue weighted by Gasteiger charge is 2.42. The summed E-state index contributed by atoms with van der Waals surface area (Å²) in [7, 11) is 1.80. The van der Waals surface area contributed by atoms with Crippen molar-refractivity contribution in [3.8, 4) is 0 Å². The van der Waals surface area contributed by atoms with Crippen LogP contribution in [-0.4, -0.2) is 41.9 Å². The SMILES string of the molecule is COC1(C2CCCCC2)CCN(C(=O)O)CC1. The number of piperidine rings is 1. The molecule has 0 atom stereocenters. The lowest BCUT2D eigenvalue weighted by atomic mass is 9.72. The van der Waals surface area contributed by atoms with E-state index < -0.39 is 6.09 Å². The number of carboxylic acid groups (broad SMARTS) is 1. The van der Waals surface area contributed by atoms with Crippen LogP contribution in [0.5, 0.6) is 0 Å². The van der Waals surface area contributed by atoms with E-state index >= 15 is 0 Å². The zero-order valence-electron chi connectivity index (χ0n) is 10.7. The van der Waals surface area contributed by atoms with Gasteiger partial charge in [-0.3, -0.25) is 0 Å². The Hall–Kier alpha value is -0.770. The molecule has 2 aliphatic rings. The molecule has 0 spiro atoms. The Kier molecular flexibility index (Phi) is 3.92. The smallest absolute Gasteiger partial charge is 0.407 e. The third kappa shape index (κ3) is 2.57. The predicted molar refractivity (Wildman–Crippen MR) is 65.1 cm³/mol. The number of rotatable bonds is 2. The third-order valence-electron chi connectivity index (χ3n) is 4.64. The Morgan fingerprint density at radius 3 is 2.29 bits per heavy atom. The number of ether oxygens (including phenoxy) is 1. The molecule has 0 radical (unpaired) electrons. The topological polar surface area (TPSA) is 49.8 Å². The number of hydrogen-bond acceptors (Lipinski definition) is 2. The molecule has 0 aromatic carbocycles. The summed E-state index contributed by atoms with van der Waals surface area (Å²) in [6, 6.07) is 0. The van der Waals surface area contributed by atoms with Crippen LogP contribution >= 0.6 is 0 Å². The standard InChI is InChI=1S/C13H23NO3/c1-17-13(11-5-3-2-4-6-11)7-9-14(10-8-13)12(15)16/h11H,2-10H2,1H3,(H,15,16). The molecule has 0 aromatic heterocycles. The number of methoxy groups -OCH3 is 1. The van der Waals surface area contributed by atoms with E-state index in [9.17, 15) is 4.79 Å². The summed E-state index contributed by atoms with van der Waals surface area (Å²) in [6.45, 7) is 1.25. The zero-order chi connectivity index (χ0) is 12.3. The van der Waals surface area contributed by atoms with Crippen molar-refractivity contribution < 1.29 is 14.6 Å². The Labute approximate surface area is 103 Å². The maximum absolute atomic E-state index is 10.9. The van der Waals surface area contributed by atoms with Crippen LogP contribution in [0.15, 0.2) is 0 Å². The minimum Gasteiger partial charge on any atom is -0.465 e. The third-order valence-corrected chi connectivity index (χ3v) is 4.64. The predicted octanol–water partition coefficient (Wildman–Crippen LogP) is 2.73. The summed E-state index contributed by atoms with van der Waals surface area (Å²) in [5.74, 6) is 0.636. The summed E-state index contributed by atoms with van der Waals surface area (Å²) < 4.78 is 5.83. The molecule has 1 heterocycles. The normalized spacial score (nSPS) is 25.8. The number of amides is 1. The van der Waals surface area contributed by atoms with Gasteiger partial charge in [0.2, 0.25) is 0 Å². The number of nitrogens with zero attached hydrogens (tertiary/aromatic N) is 1. The highest BCUT2D eigenvalue weighted by Crippen LogP contribution is 2.41. The van der Waals surface area contributed by atoms with Gasteiger partial charge in [-0.15, -0.1) is 0 Å². The van der Waals surface area contributed by atoms with Crippen LogP contribution in [0.25, 0.3) is 0 Å². The van der Waals surface area contributed by atoms with E-state index in [1.807, 2.05) is 0 Å². The monoisotopic (exact) mass is 241 g/mol. The number of carbonyl (C=O) groups is 1. The molecule has 0 bridgehead atoms. The molecule has 1 amide bonds.